The lowest BCUT2D eigenvalue weighted by molar-refractivity contribution is 0.208. The van der Waals surface area contributed by atoms with Gasteiger partial charge >= 0.3 is 0 Å². The largest absolute Gasteiger partial charge is 0.493 e. The van der Waals surface area contributed by atoms with Crippen LogP contribution in [-0.2, 0) is 10.0 Å². The summed E-state index contributed by atoms with van der Waals surface area (Å²) in [5.74, 6) is 0.924. The summed E-state index contributed by atoms with van der Waals surface area (Å²) in [6, 6.07) is 4.63. The standard InChI is InChI=1S/C16H26N2O4S/c1-4-9-18-10-7-13(8-11-18)17-23(19,20)14-5-6-15(21-2)16(12-14)22-3/h5-6,12-13,17H,4,7-11H2,1-3H3. The maximum atomic E-state index is 12.6. The number of sulfonamides is 1. The minimum Gasteiger partial charge on any atom is -0.493 e. The lowest BCUT2D eigenvalue weighted by Gasteiger charge is -2.31. The molecule has 0 bridgehead atoms. The number of hydrogen-bond acceptors (Lipinski definition) is 5. The van der Waals surface area contributed by atoms with E-state index in [9.17, 15) is 8.42 Å². The van der Waals surface area contributed by atoms with Crippen LogP contribution >= 0.6 is 0 Å². The summed E-state index contributed by atoms with van der Waals surface area (Å²) in [4.78, 5) is 2.58. The van der Waals surface area contributed by atoms with Crippen LogP contribution in [0.3, 0.4) is 0 Å². The molecule has 0 unspecified atom stereocenters. The molecule has 0 amide bonds. The van der Waals surface area contributed by atoms with Gasteiger partial charge in [-0.25, -0.2) is 13.1 Å². The molecule has 0 aromatic heterocycles. The second kappa shape index (κ2) is 7.99. The van der Waals surface area contributed by atoms with Crippen LogP contribution < -0.4 is 14.2 Å². The van der Waals surface area contributed by atoms with Crippen LogP contribution in [0, 0.1) is 0 Å². The van der Waals surface area contributed by atoms with Crippen molar-refractivity contribution in [3.8, 4) is 11.5 Å². The van der Waals surface area contributed by atoms with Gasteiger partial charge in [-0.15, -0.1) is 0 Å². The van der Waals surface area contributed by atoms with Crippen LogP contribution in [0.25, 0.3) is 0 Å². The molecule has 1 N–H and O–H groups in total. The van der Waals surface area contributed by atoms with Gasteiger partial charge in [-0.3, -0.25) is 0 Å². The fourth-order valence-corrected chi connectivity index (χ4v) is 4.18. The number of likely N-dealkylation sites (tertiary alicyclic amines) is 1. The van der Waals surface area contributed by atoms with Crippen molar-refractivity contribution in [3.05, 3.63) is 18.2 Å². The van der Waals surface area contributed by atoms with Crippen molar-refractivity contribution in [2.45, 2.75) is 37.1 Å². The van der Waals surface area contributed by atoms with Crippen molar-refractivity contribution in [2.75, 3.05) is 33.9 Å². The first-order valence-electron chi connectivity index (χ1n) is 7.97. The highest BCUT2D eigenvalue weighted by atomic mass is 32.2. The first-order chi connectivity index (χ1) is 11.0. The Balaban J connectivity index is 2.05. The number of nitrogens with zero attached hydrogens (tertiary/aromatic N) is 1. The van der Waals surface area contributed by atoms with Gasteiger partial charge in [0.2, 0.25) is 10.0 Å². The molecule has 0 saturated carbocycles. The van der Waals surface area contributed by atoms with Crippen LogP contribution in [-0.4, -0.2) is 53.2 Å². The number of methoxy groups -OCH3 is 2. The van der Waals surface area contributed by atoms with E-state index in [1.807, 2.05) is 0 Å². The summed E-state index contributed by atoms with van der Waals surface area (Å²) in [6.45, 7) is 5.11. The molecule has 130 valence electrons. The monoisotopic (exact) mass is 342 g/mol. The van der Waals surface area contributed by atoms with Crippen molar-refractivity contribution in [1.82, 2.24) is 9.62 Å². The zero-order valence-corrected chi connectivity index (χ0v) is 14.9. The fraction of sp³-hybridized carbons (Fsp3) is 0.625. The number of ether oxygens (including phenoxy) is 2. The third-order valence-electron chi connectivity index (χ3n) is 4.11. The summed E-state index contributed by atoms with van der Waals surface area (Å²) in [6.07, 6.45) is 2.81. The maximum absolute atomic E-state index is 12.6. The molecule has 1 saturated heterocycles. The van der Waals surface area contributed by atoms with E-state index in [0.717, 1.165) is 38.9 Å². The average Bonchev–Trinajstić information content (AvgIpc) is 2.56. The van der Waals surface area contributed by atoms with E-state index in [1.54, 1.807) is 6.07 Å². The molecule has 0 spiro atoms. The Bertz CT molecular complexity index is 611. The summed E-state index contributed by atoms with van der Waals surface area (Å²) < 4.78 is 38.2. The Morgan fingerprint density at radius 1 is 1.17 bits per heavy atom. The third-order valence-corrected chi connectivity index (χ3v) is 5.63. The van der Waals surface area contributed by atoms with Crippen molar-refractivity contribution < 1.29 is 17.9 Å². The van der Waals surface area contributed by atoms with Gasteiger partial charge in [0.1, 0.15) is 0 Å². The van der Waals surface area contributed by atoms with Crippen LogP contribution in [0.2, 0.25) is 0 Å². The Labute approximate surface area is 138 Å². The second-order valence-corrected chi connectivity index (χ2v) is 7.47. The molecule has 1 heterocycles. The molecule has 1 aliphatic rings. The molecule has 6 nitrogen and oxygen atoms in total. The Morgan fingerprint density at radius 2 is 1.83 bits per heavy atom. The molecule has 0 radical (unpaired) electrons. The molecule has 1 fully saturated rings. The number of hydrogen-bond donors (Lipinski definition) is 1. The van der Waals surface area contributed by atoms with Gasteiger partial charge in [0.25, 0.3) is 0 Å². The smallest absolute Gasteiger partial charge is 0.240 e. The van der Waals surface area contributed by atoms with E-state index in [4.69, 9.17) is 9.47 Å². The molecular formula is C16H26N2O4S. The normalized spacial score (nSPS) is 17.2. The highest BCUT2D eigenvalue weighted by Gasteiger charge is 2.25. The van der Waals surface area contributed by atoms with E-state index in [1.165, 1.54) is 26.4 Å². The topological polar surface area (TPSA) is 67.9 Å². The number of rotatable bonds is 7. The van der Waals surface area contributed by atoms with Crippen molar-refractivity contribution in [2.24, 2.45) is 0 Å². The summed E-state index contributed by atoms with van der Waals surface area (Å²) >= 11 is 0. The van der Waals surface area contributed by atoms with E-state index in [0.29, 0.717) is 11.5 Å². The van der Waals surface area contributed by atoms with Gasteiger partial charge in [-0.1, -0.05) is 6.92 Å². The summed E-state index contributed by atoms with van der Waals surface area (Å²) in [5, 5.41) is 0. The third kappa shape index (κ3) is 4.59. The van der Waals surface area contributed by atoms with Crippen LogP contribution in [0.15, 0.2) is 23.1 Å². The van der Waals surface area contributed by atoms with Gasteiger partial charge in [0.05, 0.1) is 19.1 Å². The lowest BCUT2D eigenvalue weighted by atomic mass is 10.1. The highest BCUT2D eigenvalue weighted by Crippen LogP contribution is 2.29. The molecule has 1 aromatic rings. The first kappa shape index (κ1) is 18.0. The summed E-state index contributed by atoms with van der Waals surface area (Å²) in [7, 11) is -0.538. The molecule has 0 aliphatic carbocycles. The molecular weight excluding hydrogens is 316 g/mol. The SMILES string of the molecule is CCCN1CCC(NS(=O)(=O)c2ccc(OC)c(OC)c2)CC1. The predicted molar refractivity (Wildman–Crippen MR) is 89.6 cm³/mol. The van der Waals surface area contributed by atoms with Crippen molar-refractivity contribution in [3.63, 3.8) is 0 Å². The number of piperidine rings is 1. The minimum atomic E-state index is -3.55. The van der Waals surface area contributed by atoms with E-state index >= 15 is 0 Å². The first-order valence-corrected chi connectivity index (χ1v) is 9.45. The lowest BCUT2D eigenvalue weighted by Crippen LogP contribution is -2.44. The van der Waals surface area contributed by atoms with E-state index < -0.39 is 10.0 Å². The van der Waals surface area contributed by atoms with E-state index in [-0.39, 0.29) is 10.9 Å². The molecule has 7 heteroatoms. The van der Waals surface area contributed by atoms with Gasteiger partial charge in [0, 0.05) is 12.1 Å². The Hall–Kier alpha value is -1.31. The summed E-state index contributed by atoms with van der Waals surface area (Å²) in [5.41, 5.74) is 0. The van der Waals surface area contributed by atoms with Crippen LogP contribution in [0.1, 0.15) is 26.2 Å². The Morgan fingerprint density at radius 3 is 2.39 bits per heavy atom. The van der Waals surface area contributed by atoms with Gasteiger partial charge in [-0.05, 0) is 51.0 Å². The quantitative estimate of drug-likeness (QED) is 0.819. The second-order valence-electron chi connectivity index (χ2n) is 5.75. The predicted octanol–water partition coefficient (Wildman–Crippen LogP) is 1.86. The zero-order chi connectivity index (χ0) is 16.9. The van der Waals surface area contributed by atoms with Gasteiger partial charge < -0.3 is 14.4 Å². The fourth-order valence-electron chi connectivity index (χ4n) is 2.86. The van der Waals surface area contributed by atoms with Gasteiger partial charge in [-0.2, -0.15) is 0 Å². The Kier molecular flexibility index (Phi) is 6.26. The maximum Gasteiger partial charge on any atom is 0.240 e. The van der Waals surface area contributed by atoms with Crippen molar-refractivity contribution >= 4 is 10.0 Å². The minimum absolute atomic E-state index is 0.0128. The molecule has 1 aliphatic heterocycles. The molecule has 1 aromatic carbocycles. The molecule has 2 rings (SSSR count). The molecule has 23 heavy (non-hydrogen) atoms. The van der Waals surface area contributed by atoms with Crippen LogP contribution in [0.5, 0.6) is 11.5 Å². The zero-order valence-electron chi connectivity index (χ0n) is 14.0. The highest BCUT2D eigenvalue weighted by molar-refractivity contribution is 7.89. The number of nitrogens with one attached hydrogen (secondary N) is 1. The molecule has 0 atom stereocenters. The van der Waals surface area contributed by atoms with Gasteiger partial charge in [0.15, 0.2) is 11.5 Å². The average molecular weight is 342 g/mol. The number of benzene rings is 1. The van der Waals surface area contributed by atoms with Crippen LogP contribution in [0.4, 0.5) is 0 Å². The van der Waals surface area contributed by atoms with Crippen molar-refractivity contribution in [1.29, 1.82) is 0 Å². The van der Waals surface area contributed by atoms with E-state index in [2.05, 4.69) is 16.5 Å².